The number of H-pyrrole nitrogens is 1. The molecule has 0 spiro atoms. The van der Waals surface area contributed by atoms with E-state index in [4.69, 9.17) is 15.9 Å². The van der Waals surface area contributed by atoms with E-state index < -0.39 is 17.4 Å². The molecule has 0 bridgehead atoms. The van der Waals surface area contributed by atoms with Gasteiger partial charge < -0.3 is 14.5 Å². The molecule has 0 saturated carbocycles. The van der Waals surface area contributed by atoms with E-state index in [2.05, 4.69) is 11.0 Å². The molecule has 4 aromatic rings. The second kappa shape index (κ2) is 10.6. The Hall–Kier alpha value is -4.50. The van der Waals surface area contributed by atoms with Crippen LogP contribution in [-0.4, -0.2) is 40.5 Å². The average molecular weight is 495 g/mol. The van der Waals surface area contributed by atoms with Crippen LogP contribution in [0.3, 0.4) is 0 Å². The van der Waals surface area contributed by atoms with E-state index in [9.17, 15) is 9.59 Å². The Kier molecular flexibility index (Phi) is 7.35. The molecule has 1 N–H and O–H groups in total. The lowest BCUT2D eigenvalue weighted by molar-refractivity contribution is -0.151. The van der Waals surface area contributed by atoms with Crippen LogP contribution in [-0.2, 0) is 16.0 Å². The smallest absolute Gasteiger partial charge is 0.332 e. The molecule has 0 aliphatic rings. The number of hydrogen-bond acceptors (Lipinski definition) is 4. The van der Waals surface area contributed by atoms with Gasteiger partial charge in [0.15, 0.2) is 5.54 Å². The summed E-state index contributed by atoms with van der Waals surface area (Å²) >= 11 is 0. The van der Waals surface area contributed by atoms with Gasteiger partial charge in [0.25, 0.3) is 5.91 Å². The number of carbonyl (C=O) groups excluding carboxylic acids is 2. The first-order valence-corrected chi connectivity index (χ1v) is 12.1. The van der Waals surface area contributed by atoms with E-state index in [1.165, 1.54) is 7.11 Å². The summed E-state index contributed by atoms with van der Waals surface area (Å²) in [5.41, 5.74) is 2.31. The molecule has 37 heavy (non-hydrogen) atoms. The number of esters is 1. The minimum absolute atomic E-state index is 0.151. The summed E-state index contributed by atoms with van der Waals surface area (Å²) in [7, 11) is 1.29. The topological polar surface area (TPSA) is 71.6 Å². The maximum atomic E-state index is 14.1. The van der Waals surface area contributed by atoms with Crippen molar-refractivity contribution in [3.8, 4) is 29.3 Å². The number of ether oxygens (including phenoxy) is 2. The van der Waals surface area contributed by atoms with Crippen molar-refractivity contribution in [3.05, 3.63) is 90.1 Å². The number of nitrogens with one attached hydrogen (secondary N) is 1. The molecule has 0 aliphatic heterocycles. The molecule has 0 fully saturated rings. The number of carbonyl (C=O) groups is 2. The van der Waals surface area contributed by atoms with Gasteiger partial charge >= 0.3 is 5.97 Å². The van der Waals surface area contributed by atoms with Gasteiger partial charge in [0.2, 0.25) is 0 Å². The zero-order valence-electron chi connectivity index (χ0n) is 21.4. The van der Waals surface area contributed by atoms with Gasteiger partial charge in [-0.1, -0.05) is 61.0 Å². The lowest BCUT2D eigenvalue weighted by atomic mass is 9.89. The van der Waals surface area contributed by atoms with Crippen molar-refractivity contribution >= 4 is 22.8 Å². The normalized spacial score (nSPS) is 12.5. The van der Waals surface area contributed by atoms with Crippen LogP contribution in [0, 0.1) is 12.5 Å². The van der Waals surface area contributed by atoms with Gasteiger partial charge in [-0.3, -0.25) is 4.79 Å². The predicted octanol–water partition coefficient (Wildman–Crippen LogP) is 5.83. The number of rotatable bonds is 8. The van der Waals surface area contributed by atoms with Crippen LogP contribution in [0.4, 0.5) is 0 Å². The molecule has 0 aliphatic carbocycles. The Balaban J connectivity index is 1.81. The SMILES string of the molecule is C#CN(C(=O)c1cc(-c2ccccc2)ccc1OC(C)C)C(C)(Cc1c[nH]c2ccccc12)C(=O)OC. The van der Waals surface area contributed by atoms with Crippen LogP contribution in [0.1, 0.15) is 36.7 Å². The number of amides is 1. The summed E-state index contributed by atoms with van der Waals surface area (Å²) < 4.78 is 11.1. The molecule has 4 rings (SSSR count). The number of aromatic amines is 1. The molecular weight excluding hydrogens is 464 g/mol. The number of fused-ring (bicyclic) bond motifs is 1. The summed E-state index contributed by atoms with van der Waals surface area (Å²) in [4.78, 5) is 31.7. The zero-order valence-corrected chi connectivity index (χ0v) is 21.4. The molecule has 1 heterocycles. The van der Waals surface area contributed by atoms with Crippen molar-refractivity contribution in [2.75, 3.05) is 7.11 Å². The van der Waals surface area contributed by atoms with Crippen LogP contribution in [0.25, 0.3) is 22.0 Å². The Morgan fingerprint density at radius 1 is 1.03 bits per heavy atom. The molecule has 3 aromatic carbocycles. The number of nitrogens with zero attached hydrogens (tertiary/aromatic N) is 1. The van der Waals surface area contributed by atoms with Crippen LogP contribution in [0.15, 0.2) is 79.0 Å². The Labute approximate surface area is 217 Å². The maximum absolute atomic E-state index is 14.1. The molecule has 6 heteroatoms. The Morgan fingerprint density at radius 3 is 2.41 bits per heavy atom. The highest BCUT2D eigenvalue weighted by atomic mass is 16.5. The fourth-order valence-electron chi connectivity index (χ4n) is 4.52. The first-order valence-electron chi connectivity index (χ1n) is 12.1. The number of benzene rings is 3. The zero-order chi connectivity index (χ0) is 26.6. The second-order valence-corrected chi connectivity index (χ2v) is 9.31. The van der Waals surface area contributed by atoms with Crippen molar-refractivity contribution in [3.63, 3.8) is 0 Å². The first kappa shape index (κ1) is 25.6. The van der Waals surface area contributed by atoms with Gasteiger partial charge in [0.05, 0.1) is 18.8 Å². The Morgan fingerprint density at radius 2 is 1.73 bits per heavy atom. The molecule has 1 atom stereocenters. The number of methoxy groups -OCH3 is 1. The largest absolute Gasteiger partial charge is 0.490 e. The highest BCUT2D eigenvalue weighted by molar-refractivity contribution is 6.02. The first-order chi connectivity index (χ1) is 17.8. The third kappa shape index (κ3) is 5.07. The molecule has 188 valence electrons. The lowest BCUT2D eigenvalue weighted by Crippen LogP contribution is -2.55. The van der Waals surface area contributed by atoms with E-state index in [1.807, 2.05) is 80.7 Å². The summed E-state index contributed by atoms with van der Waals surface area (Å²) in [6, 6.07) is 25.3. The third-order valence-corrected chi connectivity index (χ3v) is 6.34. The van der Waals surface area contributed by atoms with Crippen molar-refractivity contribution in [1.82, 2.24) is 9.88 Å². The third-order valence-electron chi connectivity index (χ3n) is 6.34. The summed E-state index contributed by atoms with van der Waals surface area (Å²) in [5, 5.41) is 0.942. The fourth-order valence-corrected chi connectivity index (χ4v) is 4.52. The molecule has 1 amide bonds. The van der Waals surface area contributed by atoms with Gasteiger partial charge in [0, 0.05) is 29.6 Å². The number of aromatic nitrogens is 1. The molecule has 0 saturated heterocycles. The molecule has 1 unspecified atom stereocenters. The van der Waals surface area contributed by atoms with Gasteiger partial charge in [-0.25, -0.2) is 9.69 Å². The minimum Gasteiger partial charge on any atom is -0.490 e. The second-order valence-electron chi connectivity index (χ2n) is 9.31. The minimum atomic E-state index is -1.48. The summed E-state index contributed by atoms with van der Waals surface area (Å²) in [6.45, 7) is 5.39. The highest BCUT2D eigenvalue weighted by Crippen LogP contribution is 2.33. The summed E-state index contributed by atoms with van der Waals surface area (Å²) in [5.74, 6) is -0.752. The summed E-state index contributed by atoms with van der Waals surface area (Å²) in [6.07, 6.45) is 7.73. The van der Waals surface area contributed by atoms with E-state index >= 15 is 0 Å². The van der Waals surface area contributed by atoms with E-state index in [0.717, 1.165) is 32.5 Å². The highest BCUT2D eigenvalue weighted by Gasteiger charge is 2.44. The predicted molar refractivity (Wildman–Crippen MR) is 145 cm³/mol. The fraction of sp³-hybridized carbons (Fsp3) is 0.226. The molecule has 0 radical (unpaired) electrons. The number of hydrogen-bond donors (Lipinski definition) is 1. The van der Waals surface area contributed by atoms with Crippen LogP contribution >= 0.6 is 0 Å². The Bertz CT molecular complexity index is 1470. The quantitative estimate of drug-likeness (QED) is 0.190. The molecule has 1 aromatic heterocycles. The van der Waals surface area contributed by atoms with Crippen LogP contribution in [0.5, 0.6) is 5.75 Å². The molecular formula is C31H30N2O4. The maximum Gasteiger partial charge on any atom is 0.332 e. The van der Waals surface area contributed by atoms with Crippen molar-refractivity contribution < 1.29 is 19.1 Å². The number of para-hydroxylation sites is 1. The van der Waals surface area contributed by atoms with E-state index in [0.29, 0.717) is 5.75 Å². The standard InChI is InChI=1S/C31H30N2O4/c1-6-33(31(4,30(35)36-5)19-24-20-32-27-15-11-10-14-25(24)27)29(34)26-18-23(22-12-8-7-9-13-22)16-17-28(26)37-21(2)3/h1,7-18,20-21,32H,19H2,2-5H3. The van der Waals surface area contributed by atoms with E-state index in [-0.39, 0.29) is 18.1 Å². The van der Waals surface area contributed by atoms with Gasteiger partial charge in [0.1, 0.15) is 5.75 Å². The van der Waals surface area contributed by atoms with Gasteiger partial charge in [-0.15, -0.1) is 0 Å². The molecule has 6 nitrogen and oxygen atoms in total. The van der Waals surface area contributed by atoms with Crippen molar-refractivity contribution in [2.24, 2.45) is 0 Å². The lowest BCUT2D eigenvalue weighted by Gasteiger charge is -2.35. The van der Waals surface area contributed by atoms with Crippen LogP contribution in [0.2, 0.25) is 0 Å². The van der Waals surface area contributed by atoms with Gasteiger partial charge in [-0.05, 0) is 55.7 Å². The monoisotopic (exact) mass is 494 g/mol. The van der Waals surface area contributed by atoms with Gasteiger partial charge in [-0.2, -0.15) is 0 Å². The number of terminal acetylenes is 1. The average Bonchev–Trinajstić information content (AvgIpc) is 3.31. The van der Waals surface area contributed by atoms with Crippen molar-refractivity contribution in [1.29, 1.82) is 0 Å². The van der Waals surface area contributed by atoms with E-state index in [1.54, 1.807) is 19.1 Å². The van der Waals surface area contributed by atoms with Crippen LogP contribution < -0.4 is 4.74 Å². The van der Waals surface area contributed by atoms with Crippen molar-refractivity contribution in [2.45, 2.75) is 38.8 Å².